The summed E-state index contributed by atoms with van der Waals surface area (Å²) in [5.74, 6) is 0. The number of aromatic nitrogens is 2. The van der Waals surface area contributed by atoms with Crippen molar-refractivity contribution in [1.82, 2.24) is 9.97 Å². The van der Waals surface area contributed by atoms with Gasteiger partial charge in [-0.05, 0) is 6.07 Å². The molecule has 0 amide bonds. The van der Waals surface area contributed by atoms with Crippen molar-refractivity contribution in [3.63, 3.8) is 0 Å². The first-order chi connectivity index (χ1) is 5.84. The molecule has 2 heterocycles. The first kappa shape index (κ1) is 6.14. The molecule has 1 aliphatic carbocycles. The predicted molar refractivity (Wildman–Crippen MR) is 48.8 cm³/mol. The summed E-state index contributed by atoms with van der Waals surface area (Å²) in [5, 5.41) is 2.57. The molecule has 4 heteroatoms. The summed E-state index contributed by atoms with van der Waals surface area (Å²) in [6.07, 6.45) is 1.85. The number of nitrogens with two attached hydrogens (primary N) is 1. The van der Waals surface area contributed by atoms with Crippen LogP contribution in [0.5, 0.6) is 0 Å². The average molecular weight is 175 g/mol. The van der Waals surface area contributed by atoms with Crippen molar-refractivity contribution in [3.05, 3.63) is 17.6 Å². The van der Waals surface area contributed by atoms with Gasteiger partial charge in [-0.25, -0.2) is 4.98 Å². The highest BCUT2D eigenvalue weighted by atomic mass is 32.1. The summed E-state index contributed by atoms with van der Waals surface area (Å²) in [5.41, 5.74) is 9.90. The quantitative estimate of drug-likeness (QED) is 0.613. The molecule has 0 fully saturated rings. The van der Waals surface area contributed by atoms with Crippen molar-refractivity contribution < 1.29 is 0 Å². The number of hydrogen-bond acceptors (Lipinski definition) is 4. The van der Waals surface area contributed by atoms with Crippen LogP contribution in [0.15, 0.2) is 17.6 Å². The molecule has 0 bridgehead atoms. The molecular weight excluding hydrogens is 170 g/mol. The van der Waals surface area contributed by atoms with E-state index < -0.39 is 0 Å². The molecule has 3 nitrogen and oxygen atoms in total. The van der Waals surface area contributed by atoms with Crippen LogP contribution < -0.4 is 5.73 Å². The Morgan fingerprint density at radius 1 is 1.25 bits per heavy atom. The van der Waals surface area contributed by atoms with Gasteiger partial charge in [0.25, 0.3) is 0 Å². The van der Waals surface area contributed by atoms with Crippen LogP contribution in [0.2, 0.25) is 0 Å². The molecule has 12 heavy (non-hydrogen) atoms. The van der Waals surface area contributed by atoms with E-state index in [1.807, 2.05) is 17.6 Å². The summed E-state index contributed by atoms with van der Waals surface area (Å²) in [7, 11) is 0. The van der Waals surface area contributed by atoms with E-state index in [0.29, 0.717) is 5.13 Å². The number of hydrogen-bond donors (Lipinski definition) is 1. The standard InChI is InChI=1S/C8H5N3S/c9-8-11-7(3-12-8)5-2-10-6-1-4(5)6/h1-3H,(H2,9,11). The van der Waals surface area contributed by atoms with Crippen LogP contribution in [0.25, 0.3) is 22.5 Å². The van der Waals surface area contributed by atoms with Gasteiger partial charge < -0.3 is 5.73 Å². The van der Waals surface area contributed by atoms with Gasteiger partial charge in [0.2, 0.25) is 0 Å². The highest BCUT2D eigenvalue weighted by Gasteiger charge is 2.21. The Morgan fingerprint density at radius 2 is 2.17 bits per heavy atom. The monoisotopic (exact) mass is 175 g/mol. The van der Waals surface area contributed by atoms with E-state index in [4.69, 9.17) is 5.73 Å². The van der Waals surface area contributed by atoms with E-state index in [1.165, 1.54) is 16.9 Å². The van der Waals surface area contributed by atoms with Gasteiger partial charge in [-0.3, -0.25) is 4.98 Å². The van der Waals surface area contributed by atoms with Crippen LogP contribution in [-0.4, -0.2) is 9.97 Å². The van der Waals surface area contributed by atoms with E-state index in [1.54, 1.807) is 0 Å². The van der Waals surface area contributed by atoms with Gasteiger partial charge in [-0.2, -0.15) is 0 Å². The molecule has 1 aromatic heterocycles. The third-order valence-electron chi connectivity index (χ3n) is 1.89. The summed E-state index contributed by atoms with van der Waals surface area (Å²) >= 11 is 1.46. The van der Waals surface area contributed by atoms with Crippen molar-refractivity contribution in [2.24, 2.45) is 0 Å². The SMILES string of the molecule is Nc1nc(-c2cnc3cc2-3)cs1. The van der Waals surface area contributed by atoms with Gasteiger partial charge >= 0.3 is 0 Å². The summed E-state index contributed by atoms with van der Waals surface area (Å²) in [6, 6.07) is 2.05. The van der Waals surface area contributed by atoms with Gasteiger partial charge in [0, 0.05) is 22.7 Å². The molecule has 1 aromatic rings. The molecule has 0 atom stereocenters. The molecule has 0 aromatic carbocycles. The van der Waals surface area contributed by atoms with Crippen LogP contribution in [0.3, 0.4) is 0 Å². The van der Waals surface area contributed by atoms with Crippen molar-refractivity contribution in [1.29, 1.82) is 0 Å². The summed E-state index contributed by atoms with van der Waals surface area (Å²) < 4.78 is 0. The number of anilines is 1. The van der Waals surface area contributed by atoms with Gasteiger partial charge in [-0.15, -0.1) is 11.3 Å². The zero-order chi connectivity index (χ0) is 8.13. The maximum atomic E-state index is 5.53. The Bertz CT molecular complexity index is 461. The number of nitrogens with zero attached hydrogens (tertiary/aromatic N) is 2. The van der Waals surface area contributed by atoms with Crippen molar-refractivity contribution in [3.8, 4) is 22.5 Å². The van der Waals surface area contributed by atoms with Crippen LogP contribution >= 0.6 is 11.3 Å². The first-order valence-electron chi connectivity index (χ1n) is 3.56. The van der Waals surface area contributed by atoms with Crippen LogP contribution in [0.1, 0.15) is 0 Å². The molecule has 0 radical (unpaired) electrons. The molecule has 0 unspecified atom stereocenters. The second-order valence-corrected chi connectivity index (χ2v) is 3.58. The van der Waals surface area contributed by atoms with Gasteiger partial charge in [0.05, 0.1) is 11.4 Å². The first-order valence-corrected chi connectivity index (χ1v) is 4.44. The van der Waals surface area contributed by atoms with E-state index >= 15 is 0 Å². The lowest BCUT2D eigenvalue weighted by Gasteiger charge is -1.86. The number of nitrogen functional groups attached to an aromatic ring is 1. The molecular formula is C8H5N3S. The Balaban J connectivity index is 2.16. The van der Waals surface area contributed by atoms with E-state index in [2.05, 4.69) is 9.97 Å². The summed E-state index contributed by atoms with van der Waals surface area (Å²) in [6.45, 7) is 0. The van der Waals surface area contributed by atoms with Crippen LogP contribution in [-0.2, 0) is 0 Å². The largest absolute Gasteiger partial charge is 0.375 e. The molecule has 0 saturated carbocycles. The lowest BCUT2D eigenvalue weighted by atomic mass is 10.2. The van der Waals surface area contributed by atoms with Gasteiger partial charge in [-0.1, -0.05) is 0 Å². The van der Waals surface area contributed by atoms with Crippen LogP contribution in [0, 0.1) is 0 Å². The average Bonchev–Trinajstić information content (AvgIpc) is 2.53. The molecule has 3 rings (SSSR count). The Labute approximate surface area is 72.9 Å². The van der Waals surface area contributed by atoms with Crippen molar-refractivity contribution in [2.45, 2.75) is 0 Å². The third kappa shape index (κ3) is 0.698. The molecule has 0 saturated heterocycles. The number of fused-ring (bicyclic) bond motifs is 1. The number of rotatable bonds is 1. The third-order valence-corrected chi connectivity index (χ3v) is 2.57. The van der Waals surface area contributed by atoms with E-state index in [9.17, 15) is 0 Å². The lowest BCUT2D eigenvalue weighted by Crippen LogP contribution is -1.81. The molecule has 2 aliphatic rings. The lowest BCUT2D eigenvalue weighted by molar-refractivity contribution is 1.40. The van der Waals surface area contributed by atoms with Crippen molar-refractivity contribution >= 4 is 16.5 Å². The van der Waals surface area contributed by atoms with E-state index in [-0.39, 0.29) is 0 Å². The minimum Gasteiger partial charge on any atom is -0.375 e. The Hall–Kier alpha value is -1.42. The zero-order valence-electron chi connectivity index (χ0n) is 6.11. The maximum Gasteiger partial charge on any atom is 0.180 e. The normalized spacial score (nSPS) is 11.7. The highest BCUT2D eigenvalue weighted by molar-refractivity contribution is 7.13. The minimum absolute atomic E-state index is 0.612. The Morgan fingerprint density at radius 3 is 2.67 bits per heavy atom. The fourth-order valence-electron chi connectivity index (χ4n) is 1.24. The van der Waals surface area contributed by atoms with Gasteiger partial charge in [0.1, 0.15) is 0 Å². The number of thiazole rings is 1. The van der Waals surface area contributed by atoms with Crippen LogP contribution in [0.4, 0.5) is 5.13 Å². The zero-order valence-corrected chi connectivity index (χ0v) is 6.93. The topological polar surface area (TPSA) is 51.8 Å². The molecule has 1 aliphatic heterocycles. The van der Waals surface area contributed by atoms with Gasteiger partial charge in [0.15, 0.2) is 5.13 Å². The fraction of sp³-hybridized carbons (Fsp3) is 0. The Kier molecular flexibility index (Phi) is 0.941. The predicted octanol–water partition coefficient (Wildman–Crippen LogP) is 1.77. The maximum absolute atomic E-state index is 5.53. The molecule has 0 spiro atoms. The second kappa shape index (κ2) is 1.84. The fourth-order valence-corrected chi connectivity index (χ4v) is 1.81. The molecule has 2 N–H and O–H groups in total. The smallest absolute Gasteiger partial charge is 0.180 e. The number of pyridine rings is 1. The van der Waals surface area contributed by atoms with Crippen molar-refractivity contribution in [2.75, 3.05) is 5.73 Å². The van der Waals surface area contributed by atoms with E-state index in [0.717, 1.165) is 17.0 Å². The molecule has 58 valence electrons. The second-order valence-electron chi connectivity index (χ2n) is 2.69. The minimum atomic E-state index is 0.612. The highest BCUT2D eigenvalue weighted by Crippen LogP contribution is 2.41. The summed E-state index contributed by atoms with van der Waals surface area (Å²) in [4.78, 5) is 8.35.